The fourth-order valence-corrected chi connectivity index (χ4v) is 3.91. The van der Waals surface area contributed by atoms with Crippen LogP contribution in [0.2, 0.25) is 0 Å². The Morgan fingerprint density at radius 2 is 1.86 bits per heavy atom. The Labute approximate surface area is 170 Å². The Morgan fingerprint density at radius 1 is 1.00 bits per heavy atom. The minimum absolute atomic E-state index is 0.322. The van der Waals surface area contributed by atoms with Crippen molar-refractivity contribution >= 4 is 17.7 Å². The van der Waals surface area contributed by atoms with Gasteiger partial charge in [-0.25, -0.2) is 4.39 Å². The van der Waals surface area contributed by atoms with Gasteiger partial charge < -0.3 is 14.4 Å². The van der Waals surface area contributed by atoms with Gasteiger partial charge in [-0.2, -0.15) is 0 Å². The quantitative estimate of drug-likeness (QED) is 0.491. The molecule has 0 atom stereocenters. The molecule has 1 aliphatic rings. The van der Waals surface area contributed by atoms with E-state index in [9.17, 15) is 9.18 Å². The molecule has 0 amide bonds. The molecule has 0 aliphatic carbocycles. The summed E-state index contributed by atoms with van der Waals surface area (Å²) in [5.41, 5.74) is 5.32. The topological polar surface area (TPSA) is 29.5 Å². The van der Waals surface area contributed by atoms with Gasteiger partial charge in [0.25, 0.3) is 0 Å². The number of nitrogens with zero attached hydrogens (tertiary/aromatic N) is 1. The third kappa shape index (κ3) is 4.32. The van der Waals surface area contributed by atoms with E-state index in [1.807, 2.05) is 6.07 Å². The predicted octanol–water partition coefficient (Wildman–Crippen LogP) is 5.62. The molecule has 4 rings (SSSR count). The summed E-state index contributed by atoms with van der Waals surface area (Å²) in [6, 6.07) is 21.6. The van der Waals surface area contributed by atoms with Crippen molar-refractivity contribution < 1.29 is 13.9 Å². The normalized spacial score (nSPS) is 13.1. The SMILES string of the molecule is O=CCCc1ccc(OCc2cccc3c2N(c2ccccc2)CCC3)cc1F. The molecule has 29 heavy (non-hydrogen) atoms. The lowest BCUT2D eigenvalue weighted by Crippen LogP contribution is -2.26. The maximum absolute atomic E-state index is 14.3. The lowest BCUT2D eigenvalue weighted by atomic mass is 9.97. The first-order valence-corrected chi connectivity index (χ1v) is 10.0. The van der Waals surface area contributed by atoms with Crippen LogP contribution in [0.15, 0.2) is 66.7 Å². The standard InChI is InChI=1S/C25H24FNO2/c26-24-17-23(14-13-19(24)10-6-16-28)29-18-21-8-4-7-20-9-5-15-27(25(20)21)22-11-2-1-3-12-22/h1-4,7-8,11-14,16-17H,5-6,9-10,15,18H2. The summed E-state index contributed by atoms with van der Waals surface area (Å²) in [5, 5.41) is 0. The third-order valence-corrected chi connectivity index (χ3v) is 5.32. The molecule has 148 valence electrons. The van der Waals surface area contributed by atoms with Crippen molar-refractivity contribution in [1.29, 1.82) is 0 Å². The number of fused-ring (bicyclic) bond motifs is 1. The highest BCUT2D eigenvalue weighted by Gasteiger charge is 2.21. The monoisotopic (exact) mass is 389 g/mol. The number of rotatable bonds is 7. The molecule has 0 N–H and O–H groups in total. The zero-order valence-corrected chi connectivity index (χ0v) is 16.3. The maximum Gasteiger partial charge on any atom is 0.130 e. The lowest BCUT2D eigenvalue weighted by Gasteiger charge is -2.33. The maximum atomic E-state index is 14.3. The van der Waals surface area contributed by atoms with Gasteiger partial charge in [0.1, 0.15) is 24.5 Å². The first kappa shape index (κ1) is 19.2. The van der Waals surface area contributed by atoms with Gasteiger partial charge in [-0.3, -0.25) is 0 Å². The summed E-state index contributed by atoms with van der Waals surface area (Å²) in [6.45, 7) is 1.34. The number of para-hydroxylation sites is 2. The lowest BCUT2D eigenvalue weighted by molar-refractivity contribution is -0.107. The predicted molar refractivity (Wildman–Crippen MR) is 113 cm³/mol. The van der Waals surface area contributed by atoms with Gasteiger partial charge in [-0.05, 0) is 48.6 Å². The van der Waals surface area contributed by atoms with Crippen molar-refractivity contribution in [2.24, 2.45) is 0 Å². The second kappa shape index (κ2) is 8.91. The van der Waals surface area contributed by atoms with Crippen molar-refractivity contribution in [2.45, 2.75) is 32.3 Å². The van der Waals surface area contributed by atoms with Gasteiger partial charge in [0.05, 0.1) is 5.69 Å². The molecule has 0 saturated heterocycles. The third-order valence-electron chi connectivity index (χ3n) is 5.32. The van der Waals surface area contributed by atoms with Gasteiger partial charge in [0, 0.05) is 30.3 Å². The van der Waals surface area contributed by atoms with Crippen LogP contribution in [0.4, 0.5) is 15.8 Å². The van der Waals surface area contributed by atoms with Gasteiger partial charge in [-0.15, -0.1) is 0 Å². The van der Waals surface area contributed by atoms with Crippen molar-refractivity contribution in [3.63, 3.8) is 0 Å². The number of ether oxygens (including phenoxy) is 1. The van der Waals surface area contributed by atoms with E-state index in [1.165, 1.54) is 23.0 Å². The number of carbonyl (C=O) groups is 1. The molecule has 3 nitrogen and oxygen atoms in total. The summed E-state index contributed by atoms with van der Waals surface area (Å²) in [4.78, 5) is 12.9. The Morgan fingerprint density at radius 3 is 2.66 bits per heavy atom. The fraction of sp³-hybridized carbons (Fsp3) is 0.240. The number of hydrogen-bond donors (Lipinski definition) is 0. The Hall–Kier alpha value is -3.14. The van der Waals surface area contributed by atoms with Crippen molar-refractivity contribution in [3.8, 4) is 5.75 Å². The summed E-state index contributed by atoms with van der Waals surface area (Å²) in [6.07, 6.45) is 3.70. The number of aryl methyl sites for hydroxylation is 2. The Balaban J connectivity index is 1.56. The number of hydrogen-bond acceptors (Lipinski definition) is 3. The highest BCUT2D eigenvalue weighted by Crippen LogP contribution is 2.36. The van der Waals surface area contributed by atoms with E-state index in [0.29, 0.717) is 30.8 Å². The zero-order valence-electron chi connectivity index (χ0n) is 16.3. The van der Waals surface area contributed by atoms with Crippen LogP contribution >= 0.6 is 0 Å². The molecule has 0 aromatic heterocycles. The average molecular weight is 389 g/mol. The van der Waals surface area contributed by atoms with E-state index in [4.69, 9.17) is 4.74 Å². The van der Waals surface area contributed by atoms with Gasteiger partial charge in [0.15, 0.2) is 0 Å². The number of benzene rings is 3. The molecule has 0 unspecified atom stereocenters. The molecule has 0 bridgehead atoms. The molecule has 1 heterocycles. The first-order valence-electron chi connectivity index (χ1n) is 10.0. The zero-order chi connectivity index (χ0) is 20.1. The van der Waals surface area contributed by atoms with Crippen LogP contribution in [0, 0.1) is 5.82 Å². The molecule has 1 aliphatic heterocycles. The van der Waals surface area contributed by atoms with Gasteiger partial charge in [-0.1, -0.05) is 42.5 Å². The minimum atomic E-state index is -0.328. The molecule has 3 aromatic rings. The molecule has 3 aromatic carbocycles. The van der Waals surface area contributed by atoms with E-state index in [1.54, 1.807) is 12.1 Å². The van der Waals surface area contributed by atoms with Crippen LogP contribution < -0.4 is 9.64 Å². The van der Waals surface area contributed by atoms with Crippen LogP contribution in [-0.4, -0.2) is 12.8 Å². The Bertz CT molecular complexity index is 987. The molecular weight excluding hydrogens is 365 g/mol. The molecule has 0 fully saturated rings. The molecule has 0 radical (unpaired) electrons. The number of aldehydes is 1. The van der Waals surface area contributed by atoms with Gasteiger partial charge >= 0.3 is 0 Å². The molecule has 0 spiro atoms. The van der Waals surface area contributed by atoms with Crippen molar-refractivity contribution in [2.75, 3.05) is 11.4 Å². The van der Waals surface area contributed by atoms with E-state index < -0.39 is 0 Å². The molecule has 0 saturated carbocycles. The van der Waals surface area contributed by atoms with E-state index in [0.717, 1.165) is 31.2 Å². The van der Waals surface area contributed by atoms with Crippen LogP contribution in [0.5, 0.6) is 5.75 Å². The van der Waals surface area contributed by atoms with E-state index >= 15 is 0 Å². The van der Waals surface area contributed by atoms with Crippen molar-refractivity contribution in [1.82, 2.24) is 0 Å². The summed E-state index contributed by atoms with van der Waals surface area (Å²) in [7, 11) is 0. The van der Waals surface area contributed by atoms with Crippen molar-refractivity contribution in [3.05, 3.63) is 89.2 Å². The molecular formula is C25H24FNO2. The number of anilines is 2. The van der Waals surface area contributed by atoms with E-state index in [-0.39, 0.29) is 5.82 Å². The molecule has 4 heteroatoms. The van der Waals surface area contributed by atoms with Crippen LogP contribution in [-0.2, 0) is 24.2 Å². The number of carbonyl (C=O) groups excluding carboxylic acids is 1. The van der Waals surface area contributed by atoms with Crippen LogP contribution in [0.25, 0.3) is 0 Å². The van der Waals surface area contributed by atoms with Crippen LogP contribution in [0.3, 0.4) is 0 Å². The van der Waals surface area contributed by atoms with Gasteiger partial charge in [0.2, 0.25) is 0 Å². The number of halogens is 1. The Kier molecular flexibility index (Phi) is 5.89. The van der Waals surface area contributed by atoms with E-state index in [2.05, 4.69) is 47.4 Å². The fourth-order valence-electron chi connectivity index (χ4n) is 3.91. The summed E-state index contributed by atoms with van der Waals surface area (Å²) >= 11 is 0. The summed E-state index contributed by atoms with van der Waals surface area (Å²) < 4.78 is 20.2. The highest BCUT2D eigenvalue weighted by molar-refractivity contribution is 5.71. The largest absolute Gasteiger partial charge is 0.489 e. The smallest absolute Gasteiger partial charge is 0.130 e. The summed E-state index contributed by atoms with van der Waals surface area (Å²) in [5.74, 6) is 0.169. The highest BCUT2D eigenvalue weighted by atomic mass is 19.1. The second-order valence-electron chi connectivity index (χ2n) is 7.26. The second-order valence-corrected chi connectivity index (χ2v) is 7.26. The first-order chi connectivity index (χ1) is 14.3. The van der Waals surface area contributed by atoms with Crippen LogP contribution in [0.1, 0.15) is 29.5 Å². The average Bonchev–Trinajstić information content (AvgIpc) is 2.77. The minimum Gasteiger partial charge on any atom is -0.489 e.